The molecule has 0 unspecified atom stereocenters. The minimum atomic E-state index is -2.92. The summed E-state index contributed by atoms with van der Waals surface area (Å²) in [5.41, 5.74) is 0.475. The molecular weight excluding hydrogens is 380 g/mol. The van der Waals surface area contributed by atoms with Crippen LogP contribution in [0.4, 0.5) is 8.78 Å². The fourth-order valence-electron chi connectivity index (χ4n) is 2.96. The first-order valence-corrected chi connectivity index (χ1v) is 9.16. The van der Waals surface area contributed by atoms with E-state index in [9.17, 15) is 13.6 Å². The Kier molecular flexibility index (Phi) is 8.09. The number of piperidine rings is 1. The maximum absolute atomic E-state index is 12.6. The Morgan fingerprint density at radius 3 is 2.70 bits per heavy atom. The molecule has 0 radical (unpaired) electrons. The van der Waals surface area contributed by atoms with Crippen molar-refractivity contribution in [3.8, 4) is 5.75 Å². The number of hydrogen-bond donors (Lipinski definition) is 1. The molecule has 1 aliphatic heterocycles. The number of esters is 1. The summed E-state index contributed by atoms with van der Waals surface area (Å²) in [6.45, 7) is 1.14. The van der Waals surface area contributed by atoms with E-state index in [2.05, 4.69) is 15.0 Å². The van der Waals surface area contributed by atoms with Gasteiger partial charge in [0.15, 0.2) is 5.96 Å². The molecule has 6 nitrogen and oxygen atoms in total. The average Bonchev–Trinajstić information content (AvgIpc) is 2.66. The summed E-state index contributed by atoms with van der Waals surface area (Å²) in [7, 11) is 1.39. The molecule has 1 aromatic carbocycles. The number of rotatable bonds is 6. The van der Waals surface area contributed by atoms with Gasteiger partial charge in [0.2, 0.25) is 0 Å². The number of nitrogens with one attached hydrogen (secondary N) is 1. The van der Waals surface area contributed by atoms with Gasteiger partial charge < -0.3 is 19.7 Å². The summed E-state index contributed by atoms with van der Waals surface area (Å²) < 4.78 is 34.5. The third-order valence-electron chi connectivity index (χ3n) is 4.30. The fraction of sp³-hybridized carbons (Fsp3) is 0.556. The number of hydrogen-bond acceptors (Lipinski definition) is 4. The van der Waals surface area contributed by atoms with E-state index in [0.717, 1.165) is 0 Å². The predicted molar refractivity (Wildman–Crippen MR) is 99.2 cm³/mol. The Balaban J connectivity index is 2.10. The number of ether oxygens (including phenoxy) is 2. The molecular formula is C18H24ClF2N3O3. The van der Waals surface area contributed by atoms with Gasteiger partial charge in [0.25, 0.3) is 0 Å². The number of alkyl halides is 2. The molecule has 1 N–H and O–H groups in total. The Hall–Kier alpha value is -2.09. The van der Waals surface area contributed by atoms with Gasteiger partial charge in [0.05, 0.1) is 19.6 Å². The molecule has 0 spiro atoms. The lowest BCUT2D eigenvalue weighted by molar-refractivity contribution is -0.146. The van der Waals surface area contributed by atoms with E-state index in [0.29, 0.717) is 49.0 Å². The second kappa shape index (κ2) is 10.3. The molecule has 2 rings (SSSR count). The van der Waals surface area contributed by atoms with Crippen molar-refractivity contribution in [3.63, 3.8) is 0 Å². The number of likely N-dealkylation sites (tertiary alicyclic amines) is 1. The molecule has 1 heterocycles. The quantitative estimate of drug-likeness (QED) is 0.448. The van der Waals surface area contributed by atoms with Crippen LogP contribution in [-0.4, -0.2) is 50.2 Å². The third kappa shape index (κ3) is 6.23. The maximum Gasteiger partial charge on any atom is 0.387 e. The summed E-state index contributed by atoms with van der Waals surface area (Å²) in [5.74, 6) is 0.416. The van der Waals surface area contributed by atoms with Gasteiger partial charge in [0.1, 0.15) is 5.75 Å². The molecule has 1 aromatic rings. The minimum Gasteiger partial charge on any atom is -0.469 e. The molecule has 1 aliphatic rings. The van der Waals surface area contributed by atoms with Crippen LogP contribution in [0.5, 0.6) is 5.75 Å². The van der Waals surface area contributed by atoms with Crippen LogP contribution < -0.4 is 10.1 Å². The number of methoxy groups -OCH3 is 1. The topological polar surface area (TPSA) is 63.2 Å². The van der Waals surface area contributed by atoms with E-state index in [1.807, 2.05) is 11.8 Å². The van der Waals surface area contributed by atoms with Gasteiger partial charge in [-0.1, -0.05) is 11.6 Å². The van der Waals surface area contributed by atoms with Gasteiger partial charge in [-0.25, -0.2) is 4.99 Å². The Bertz CT molecular complexity index is 665. The van der Waals surface area contributed by atoms with E-state index >= 15 is 0 Å². The lowest BCUT2D eigenvalue weighted by Crippen LogP contribution is -2.46. The monoisotopic (exact) mass is 403 g/mol. The SMILES string of the molecule is CCNC(=NCc1cc(Cl)ccc1OC(F)F)N1CCC(C(=O)OC)CC1. The number of benzene rings is 1. The minimum absolute atomic E-state index is 0.0541. The third-order valence-corrected chi connectivity index (χ3v) is 4.54. The van der Waals surface area contributed by atoms with Crippen molar-refractivity contribution < 1.29 is 23.0 Å². The predicted octanol–water partition coefficient (Wildman–Crippen LogP) is 3.29. The summed E-state index contributed by atoms with van der Waals surface area (Å²) in [4.78, 5) is 18.2. The number of aliphatic imine (C=N–C) groups is 1. The van der Waals surface area contributed by atoms with Crippen LogP contribution in [0.25, 0.3) is 0 Å². The first kappa shape index (κ1) is 21.2. The number of carbonyl (C=O) groups excluding carboxylic acids is 1. The van der Waals surface area contributed by atoms with Crippen molar-refractivity contribution >= 4 is 23.5 Å². The maximum atomic E-state index is 12.6. The van der Waals surface area contributed by atoms with E-state index in [4.69, 9.17) is 16.3 Å². The molecule has 0 saturated carbocycles. The van der Waals surface area contributed by atoms with Gasteiger partial charge in [-0.15, -0.1) is 0 Å². The zero-order chi connectivity index (χ0) is 19.8. The normalized spacial score (nSPS) is 15.8. The summed E-state index contributed by atoms with van der Waals surface area (Å²) in [6.07, 6.45) is 1.35. The molecule has 9 heteroatoms. The van der Waals surface area contributed by atoms with Gasteiger partial charge in [-0.3, -0.25) is 4.79 Å². The van der Waals surface area contributed by atoms with Crippen LogP contribution in [0.3, 0.4) is 0 Å². The van der Waals surface area contributed by atoms with Crippen LogP contribution in [0.15, 0.2) is 23.2 Å². The highest BCUT2D eigenvalue weighted by Crippen LogP contribution is 2.25. The smallest absolute Gasteiger partial charge is 0.387 e. The first-order valence-electron chi connectivity index (χ1n) is 8.79. The molecule has 150 valence electrons. The first-order chi connectivity index (χ1) is 12.9. The van der Waals surface area contributed by atoms with Crippen molar-refractivity contribution in [1.29, 1.82) is 0 Å². The van der Waals surface area contributed by atoms with Gasteiger partial charge in [-0.2, -0.15) is 8.78 Å². The number of halogens is 3. The summed E-state index contributed by atoms with van der Waals surface area (Å²) >= 11 is 5.98. The highest BCUT2D eigenvalue weighted by Gasteiger charge is 2.27. The van der Waals surface area contributed by atoms with Crippen LogP contribution in [0.2, 0.25) is 5.02 Å². The molecule has 0 atom stereocenters. The Morgan fingerprint density at radius 1 is 1.41 bits per heavy atom. The molecule has 0 amide bonds. The molecule has 27 heavy (non-hydrogen) atoms. The number of nitrogens with zero attached hydrogens (tertiary/aromatic N) is 2. The molecule has 0 bridgehead atoms. The highest BCUT2D eigenvalue weighted by molar-refractivity contribution is 6.30. The lowest BCUT2D eigenvalue weighted by Gasteiger charge is -2.33. The van der Waals surface area contributed by atoms with E-state index < -0.39 is 6.61 Å². The van der Waals surface area contributed by atoms with Crippen molar-refractivity contribution in [2.24, 2.45) is 10.9 Å². The second-order valence-electron chi connectivity index (χ2n) is 6.09. The van der Waals surface area contributed by atoms with Crippen molar-refractivity contribution in [2.45, 2.75) is 32.9 Å². The molecule has 1 saturated heterocycles. The van der Waals surface area contributed by atoms with E-state index in [-0.39, 0.29) is 24.2 Å². The van der Waals surface area contributed by atoms with Crippen LogP contribution >= 0.6 is 11.6 Å². The van der Waals surface area contributed by atoms with E-state index in [1.165, 1.54) is 19.2 Å². The van der Waals surface area contributed by atoms with Crippen LogP contribution in [-0.2, 0) is 16.1 Å². The standard InChI is InChI=1S/C18H24ClF2N3O3/c1-3-22-18(24-8-6-12(7-9-24)16(25)26-2)23-11-13-10-14(19)4-5-15(13)27-17(20)21/h4-5,10,12,17H,3,6-9,11H2,1-2H3,(H,22,23). The summed E-state index contributed by atoms with van der Waals surface area (Å²) in [6, 6.07) is 4.47. The van der Waals surface area contributed by atoms with Gasteiger partial charge in [-0.05, 0) is 38.0 Å². The summed E-state index contributed by atoms with van der Waals surface area (Å²) in [5, 5.41) is 3.62. The fourth-order valence-corrected chi connectivity index (χ4v) is 3.16. The zero-order valence-corrected chi connectivity index (χ0v) is 16.1. The van der Waals surface area contributed by atoms with Gasteiger partial charge >= 0.3 is 12.6 Å². The molecule has 0 aliphatic carbocycles. The Labute approximate surface area is 162 Å². The number of guanidine groups is 1. The van der Waals surface area contributed by atoms with Crippen molar-refractivity contribution in [2.75, 3.05) is 26.7 Å². The van der Waals surface area contributed by atoms with Gasteiger partial charge in [0, 0.05) is 30.2 Å². The largest absolute Gasteiger partial charge is 0.469 e. The number of carbonyl (C=O) groups is 1. The second-order valence-corrected chi connectivity index (χ2v) is 6.52. The highest BCUT2D eigenvalue weighted by atomic mass is 35.5. The van der Waals surface area contributed by atoms with Crippen LogP contribution in [0, 0.1) is 5.92 Å². The zero-order valence-electron chi connectivity index (χ0n) is 15.4. The molecule has 0 aromatic heterocycles. The Morgan fingerprint density at radius 2 is 2.11 bits per heavy atom. The van der Waals surface area contributed by atoms with Crippen LogP contribution in [0.1, 0.15) is 25.3 Å². The molecule has 1 fully saturated rings. The average molecular weight is 404 g/mol. The van der Waals surface area contributed by atoms with Crippen molar-refractivity contribution in [3.05, 3.63) is 28.8 Å². The lowest BCUT2D eigenvalue weighted by atomic mass is 9.97. The van der Waals surface area contributed by atoms with E-state index in [1.54, 1.807) is 6.07 Å². The van der Waals surface area contributed by atoms with Crippen molar-refractivity contribution in [1.82, 2.24) is 10.2 Å².